The van der Waals surface area contributed by atoms with Gasteiger partial charge in [-0.1, -0.05) is 31.2 Å². The van der Waals surface area contributed by atoms with Gasteiger partial charge in [-0.05, 0) is 90.5 Å². The molecule has 4 unspecified atom stereocenters. The molecule has 1 spiro atoms. The number of ether oxygens (including phenoxy) is 4. The second-order valence-corrected chi connectivity index (χ2v) is 13.5. The number of anilines is 1. The van der Waals surface area contributed by atoms with Crippen molar-refractivity contribution >= 4 is 11.8 Å². The maximum Gasteiger partial charge on any atom is 0.302 e. The number of carbonyl (C=O) groups excluding carboxylic acids is 1. The fourth-order valence-electron chi connectivity index (χ4n) is 8.52. The van der Waals surface area contributed by atoms with Gasteiger partial charge in [0, 0.05) is 41.3 Å². The summed E-state index contributed by atoms with van der Waals surface area (Å²) in [6, 6.07) is 14.8. The maximum absolute atomic E-state index is 12.1. The molecule has 0 saturated heterocycles. The van der Waals surface area contributed by atoms with E-state index >= 15 is 0 Å². The monoisotopic (exact) mass is 666 g/mol. The van der Waals surface area contributed by atoms with Crippen molar-refractivity contribution in [2.75, 3.05) is 26.2 Å². The molecule has 7 rings (SSSR count). The minimum atomic E-state index is -0.537. The van der Waals surface area contributed by atoms with E-state index in [9.17, 15) is 20.1 Å². The van der Waals surface area contributed by atoms with Crippen LogP contribution in [0.25, 0.3) is 11.1 Å². The molecule has 10 heteroatoms. The van der Waals surface area contributed by atoms with Crippen molar-refractivity contribution in [2.24, 2.45) is 5.92 Å². The van der Waals surface area contributed by atoms with Crippen molar-refractivity contribution in [1.29, 1.82) is 0 Å². The van der Waals surface area contributed by atoms with Crippen LogP contribution >= 0.6 is 0 Å². The lowest BCUT2D eigenvalue weighted by atomic mass is 9.65. The summed E-state index contributed by atoms with van der Waals surface area (Å²) in [6.07, 6.45) is 6.45. The van der Waals surface area contributed by atoms with Crippen molar-refractivity contribution in [3.63, 3.8) is 0 Å². The highest BCUT2D eigenvalue weighted by Gasteiger charge is 2.50. The third kappa shape index (κ3) is 5.77. The molecule has 256 valence electrons. The van der Waals surface area contributed by atoms with E-state index in [0.29, 0.717) is 29.7 Å². The van der Waals surface area contributed by atoms with Crippen LogP contribution < -0.4 is 19.9 Å². The van der Waals surface area contributed by atoms with Gasteiger partial charge >= 0.3 is 5.97 Å². The van der Waals surface area contributed by atoms with Crippen LogP contribution in [0.3, 0.4) is 0 Å². The van der Waals surface area contributed by atoms with Gasteiger partial charge in [0.25, 0.3) is 0 Å². The first-order valence-corrected chi connectivity index (χ1v) is 16.8. The normalized spacial score (nSPS) is 21.8. The fraction of sp³-hybridized carbons (Fsp3) is 0.385. The molecule has 1 aromatic heterocycles. The number of fused-ring (bicyclic) bond motifs is 6. The summed E-state index contributed by atoms with van der Waals surface area (Å²) < 4.78 is 23.8. The summed E-state index contributed by atoms with van der Waals surface area (Å²) in [6.45, 7) is 3.05. The standard InChI is InChI=1S/C39H42N2O8/c1-4-24-12-23(18-41-38(24)40)11-22-9-10-39(16-22)17-26-13-27(44)15-33(48-20-42)34(26)29-7-6-28-30(19-47-21(2)43)36(49-37(28)35(29)39)25-5-8-31(45)32(14-25)46-3/h5-8,12-15,18,22,30,36,42,44-45H,4,9-11,16-17,19-20H2,1-3H3,(H2,40,41). The molecule has 5 N–H and O–H groups in total. The maximum atomic E-state index is 12.1. The molecule has 10 nitrogen and oxygen atoms in total. The van der Waals surface area contributed by atoms with Crippen LogP contribution in [0.15, 0.2) is 54.7 Å². The molecule has 1 fully saturated rings. The van der Waals surface area contributed by atoms with Gasteiger partial charge in [0.2, 0.25) is 0 Å². The lowest BCUT2D eigenvalue weighted by Gasteiger charge is -2.39. The minimum absolute atomic E-state index is 0.0188. The van der Waals surface area contributed by atoms with Gasteiger partial charge in [0.15, 0.2) is 18.3 Å². The first kappa shape index (κ1) is 32.6. The Labute approximate surface area is 285 Å². The summed E-state index contributed by atoms with van der Waals surface area (Å²) >= 11 is 0. The Morgan fingerprint density at radius 3 is 2.71 bits per heavy atom. The Balaban J connectivity index is 1.37. The number of aliphatic hydroxyl groups is 1. The molecule has 49 heavy (non-hydrogen) atoms. The zero-order chi connectivity index (χ0) is 34.4. The summed E-state index contributed by atoms with van der Waals surface area (Å²) in [4.78, 5) is 16.5. The smallest absolute Gasteiger partial charge is 0.302 e. The zero-order valence-electron chi connectivity index (χ0n) is 28.0. The number of aromatic hydroxyl groups is 2. The molecule has 3 aromatic carbocycles. The van der Waals surface area contributed by atoms with E-state index in [1.54, 1.807) is 24.3 Å². The van der Waals surface area contributed by atoms with Crippen molar-refractivity contribution < 1.29 is 39.1 Å². The van der Waals surface area contributed by atoms with Gasteiger partial charge < -0.3 is 40.0 Å². The number of nitrogens with two attached hydrogens (primary N) is 1. The van der Waals surface area contributed by atoms with Crippen molar-refractivity contribution in [3.05, 3.63) is 88.1 Å². The largest absolute Gasteiger partial charge is 0.508 e. The number of phenols is 2. The van der Waals surface area contributed by atoms with Gasteiger partial charge in [-0.2, -0.15) is 0 Å². The number of rotatable bonds is 9. The number of aryl methyl sites for hydroxylation is 1. The number of pyridine rings is 1. The number of esters is 1. The third-order valence-corrected chi connectivity index (χ3v) is 10.6. The number of methoxy groups -OCH3 is 1. The summed E-state index contributed by atoms with van der Waals surface area (Å²) in [5.41, 5.74) is 13.5. The van der Waals surface area contributed by atoms with Crippen LogP contribution in [-0.2, 0) is 34.2 Å². The minimum Gasteiger partial charge on any atom is -0.508 e. The third-order valence-electron chi connectivity index (χ3n) is 10.6. The lowest BCUT2D eigenvalue weighted by Crippen LogP contribution is -2.31. The van der Waals surface area contributed by atoms with E-state index in [1.165, 1.54) is 20.1 Å². The summed E-state index contributed by atoms with van der Waals surface area (Å²) in [7, 11) is 1.50. The zero-order valence-corrected chi connectivity index (χ0v) is 28.0. The molecule has 1 aliphatic heterocycles. The Bertz CT molecular complexity index is 1930. The first-order valence-electron chi connectivity index (χ1n) is 16.8. The molecule has 3 aliphatic rings. The quantitative estimate of drug-likeness (QED) is 0.119. The Morgan fingerprint density at radius 1 is 1.12 bits per heavy atom. The van der Waals surface area contributed by atoms with Crippen LogP contribution in [0, 0.1) is 5.92 Å². The molecular weight excluding hydrogens is 624 g/mol. The van der Waals surface area contributed by atoms with E-state index in [0.717, 1.165) is 82.4 Å². The number of phenolic OH excluding ortho intramolecular Hbond substituents is 2. The number of nitrogen functional groups attached to an aromatic ring is 1. The van der Waals surface area contributed by atoms with Gasteiger partial charge in [-0.3, -0.25) is 4.79 Å². The van der Waals surface area contributed by atoms with E-state index < -0.39 is 12.9 Å². The average Bonchev–Trinajstić information content (AvgIpc) is 3.65. The van der Waals surface area contributed by atoms with Gasteiger partial charge in [0.1, 0.15) is 35.8 Å². The SMILES string of the molecule is CCc1cc(CC2CCC3(Cc4cc(O)cc(OCO)c4-c4ccc5c(c43)OC(c3ccc(O)c(OC)c3)C5COC(C)=O)C2)cnc1N. The van der Waals surface area contributed by atoms with Crippen LogP contribution in [-0.4, -0.2) is 46.8 Å². The highest BCUT2D eigenvalue weighted by atomic mass is 16.6. The molecule has 0 bridgehead atoms. The van der Waals surface area contributed by atoms with E-state index in [4.69, 9.17) is 24.7 Å². The molecule has 0 amide bonds. The highest BCUT2D eigenvalue weighted by molar-refractivity contribution is 5.84. The summed E-state index contributed by atoms with van der Waals surface area (Å²) in [5.74, 6) is 1.80. The number of benzene rings is 3. The number of nitrogens with zero attached hydrogens (tertiary/aromatic N) is 1. The predicted molar refractivity (Wildman–Crippen MR) is 183 cm³/mol. The van der Waals surface area contributed by atoms with Gasteiger partial charge in [-0.15, -0.1) is 0 Å². The number of aliphatic hydroxyl groups excluding tert-OH is 1. The van der Waals surface area contributed by atoms with Gasteiger partial charge in [0.05, 0.1) is 13.0 Å². The molecule has 0 radical (unpaired) electrons. The molecule has 1 saturated carbocycles. The molecule has 4 atom stereocenters. The lowest BCUT2D eigenvalue weighted by molar-refractivity contribution is -0.141. The molecule has 4 aromatic rings. The number of aromatic nitrogens is 1. The van der Waals surface area contributed by atoms with E-state index in [2.05, 4.69) is 24.0 Å². The fourth-order valence-corrected chi connectivity index (χ4v) is 8.52. The molecule has 2 heterocycles. The first-order chi connectivity index (χ1) is 23.6. The Kier molecular flexibility index (Phi) is 8.52. The molecular formula is C39H42N2O8. The van der Waals surface area contributed by atoms with Crippen LogP contribution in [0.1, 0.15) is 78.5 Å². The second kappa shape index (κ2) is 12.8. The van der Waals surface area contributed by atoms with Crippen molar-refractivity contribution in [1.82, 2.24) is 4.98 Å². The van der Waals surface area contributed by atoms with Crippen molar-refractivity contribution in [3.8, 4) is 39.9 Å². The Morgan fingerprint density at radius 2 is 1.96 bits per heavy atom. The predicted octanol–water partition coefficient (Wildman–Crippen LogP) is 6.26. The van der Waals surface area contributed by atoms with Crippen LogP contribution in [0.2, 0.25) is 0 Å². The number of carbonyl (C=O) groups is 1. The topological polar surface area (TPSA) is 154 Å². The highest BCUT2D eigenvalue weighted by Crippen LogP contribution is 2.62. The number of hydrogen-bond acceptors (Lipinski definition) is 10. The second-order valence-electron chi connectivity index (χ2n) is 13.5. The van der Waals surface area contributed by atoms with Gasteiger partial charge in [-0.25, -0.2) is 4.98 Å². The Hall–Kier alpha value is -4.96. The van der Waals surface area contributed by atoms with Crippen molar-refractivity contribution in [2.45, 2.75) is 69.8 Å². The van der Waals surface area contributed by atoms with E-state index in [-0.39, 0.29) is 35.4 Å². The molecule has 2 aliphatic carbocycles. The summed E-state index contributed by atoms with van der Waals surface area (Å²) in [5, 5.41) is 30.9. The number of hydrogen-bond donors (Lipinski definition) is 4. The average molecular weight is 667 g/mol. The van der Waals surface area contributed by atoms with Crippen LogP contribution in [0.4, 0.5) is 5.82 Å². The van der Waals surface area contributed by atoms with E-state index in [1.807, 2.05) is 12.3 Å². The van der Waals surface area contributed by atoms with Crippen LogP contribution in [0.5, 0.6) is 28.7 Å².